The molecule has 1 saturated heterocycles. The lowest BCUT2D eigenvalue weighted by Gasteiger charge is -2.31. The number of para-hydroxylation sites is 2. The number of nitrogens with zero attached hydrogens (tertiary/aromatic N) is 2. The summed E-state index contributed by atoms with van der Waals surface area (Å²) in [6, 6.07) is 12.2. The zero-order valence-corrected chi connectivity index (χ0v) is 16.4. The van der Waals surface area contributed by atoms with Crippen LogP contribution in [0.1, 0.15) is 18.4 Å². The van der Waals surface area contributed by atoms with E-state index in [-0.39, 0.29) is 24.4 Å². The van der Waals surface area contributed by atoms with Gasteiger partial charge in [0.2, 0.25) is 0 Å². The van der Waals surface area contributed by atoms with E-state index >= 15 is 0 Å². The maximum Gasteiger partial charge on any atom is 0.274 e. The summed E-state index contributed by atoms with van der Waals surface area (Å²) in [6.45, 7) is 3.06. The number of hydrogen-bond donors (Lipinski definition) is 0. The van der Waals surface area contributed by atoms with Gasteiger partial charge in [-0.15, -0.1) is 0 Å². The predicted octanol–water partition coefficient (Wildman–Crippen LogP) is 4.19. The van der Waals surface area contributed by atoms with Crippen LogP contribution in [-0.2, 0) is 4.79 Å². The molecule has 7 heteroatoms. The van der Waals surface area contributed by atoms with Crippen molar-refractivity contribution in [2.45, 2.75) is 25.9 Å². The minimum Gasteiger partial charge on any atom is -0.481 e. The lowest BCUT2D eigenvalue weighted by atomic mass is 10.1. The molecule has 0 saturated carbocycles. The van der Waals surface area contributed by atoms with Gasteiger partial charge in [0, 0.05) is 25.9 Å². The molecule has 0 spiro atoms. The van der Waals surface area contributed by atoms with Crippen LogP contribution < -0.4 is 9.47 Å². The fourth-order valence-electron chi connectivity index (χ4n) is 3.27. The minimum atomic E-state index is -0.464. The van der Waals surface area contributed by atoms with E-state index in [0.717, 1.165) is 28.6 Å². The van der Waals surface area contributed by atoms with E-state index in [1.807, 2.05) is 25.1 Å². The van der Waals surface area contributed by atoms with Crippen molar-refractivity contribution in [2.75, 3.05) is 19.7 Å². The van der Waals surface area contributed by atoms with Gasteiger partial charge in [0.15, 0.2) is 18.2 Å². The van der Waals surface area contributed by atoms with E-state index in [1.54, 1.807) is 28.4 Å². The molecule has 5 nitrogen and oxygen atoms in total. The van der Waals surface area contributed by atoms with Crippen molar-refractivity contribution >= 4 is 27.5 Å². The Labute approximate surface area is 166 Å². The number of hydrogen-bond acceptors (Lipinski definition) is 5. The number of fused-ring (bicyclic) bond motifs is 1. The van der Waals surface area contributed by atoms with Crippen LogP contribution in [0.25, 0.3) is 10.2 Å². The van der Waals surface area contributed by atoms with Gasteiger partial charge >= 0.3 is 0 Å². The van der Waals surface area contributed by atoms with Crippen molar-refractivity contribution in [3.8, 4) is 10.9 Å². The van der Waals surface area contributed by atoms with Crippen molar-refractivity contribution in [1.29, 1.82) is 0 Å². The average molecular weight is 400 g/mol. The van der Waals surface area contributed by atoms with E-state index in [2.05, 4.69) is 4.98 Å². The Balaban J connectivity index is 1.28. The lowest BCUT2D eigenvalue weighted by molar-refractivity contribution is -0.135. The second-order valence-corrected chi connectivity index (χ2v) is 7.81. The summed E-state index contributed by atoms with van der Waals surface area (Å²) in [5.74, 6) is -0.508. The Morgan fingerprint density at radius 2 is 2.00 bits per heavy atom. The Morgan fingerprint density at radius 3 is 2.75 bits per heavy atom. The highest BCUT2D eigenvalue weighted by Gasteiger charge is 2.25. The fourth-order valence-corrected chi connectivity index (χ4v) is 4.23. The predicted molar refractivity (Wildman–Crippen MR) is 106 cm³/mol. The molecule has 1 aromatic heterocycles. The van der Waals surface area contributed by atoms with Crippen molar-refractivity contribution in [3.05, 3.63) is 53.8 Å². The van der Waals surface area contributed by atoms with E-state index in [4.69, 9.17) is 9.47 Å². The minimum absolute atomic E-state index is 0.0393. The number of carbonyl (C=O) groups excluding carboxylic acids is 1. The number of aryl methyl sites for hydroxylation is 1. The molecule has 0 atom stereocenters. The summed E-state index contributed by atoms with van der Waals surface area (Å²) >= 11 is 1.55. The highest BCUT2D eigenvalue weighted by molar-refractivity contribution is 7.20. The molecule has 0 bridgehead atoms. The molecule has 0 radical (unpaired) electrons. The second-order valence-electron chi connectivity index (χ2n) is 6.82. The molecule has 1 aliphatic heterocycles. The number of benzene rings is 2. The van der Waals surface area contributed by atoms with Crippen molar-refractivity contribution in [1.82, 2.24) is 9.88 Å². The lowest BCUT2D eigenvalue weighted by Crippen LogP contribution is -2.43. The molecular weight excluding hydrogens is 379 g/mol. The number of piperidine rings is 1. The van der Waals surface area contributed by atoms with Crippen molar-refractivity contribution < 1.29 is 18.7 Å². The van der Waals surface area contributed by atoms with E-state index in [9.17, 15) is 9.18 Å². The highest BCUT2D eigenvalue weighted by atomic mass is 32.1. The first-order chi connectivity index (χ1) is 13.6. The third-order valence-corrected chi connectivity index (χ3v) is 5.76. The molecule has 0 N–H and O–H groups in total. The van der Waals surface area contributed by atoms with Gasteiger partial charge in [-0.1, -0.05) is 35.6 Å². The molecule has 146 valence electrons. The summed E-state index contributed by atoms with van der Waals surface area (Å²) in [5, 5.41) is 0.678. The van der Waals surface area contributed by atoms with Gasteiger partial charge in [-0.05, 0) is 30.7 Å². The third kappa shape index (κ3) is 4.09. The SMILES string of the molecule is Cc1cccc2sc(OC3CCN(C(=O)COc4ccccc4F)CC3)nc12. The Hall–Kier alpha value is -2.67. The largest absolute Gasteiger partial charge is 0.481 e. The Bertz CT molecular complexity index is 983. The van der Waals surface area contributed by atoms with Gasteiger partial charge in [0.25, 0.3) is 11.1 Å². The molecule has 3 aromatic rings. The number of carbonyl (C=O) groups is 1. The van der Waals surface area contributed by atoms with Crippen LogP contribution in [0.15, 0.2) is 42.5 Å². The molecule has 0 aliphatic carbocycles. The van der Waals surface area contributed by atoms with Crippen LogP contribution in [0.3, 0.4) is 0 Å². The molecule has 2 aromatic carbocycles. The molecule has 4 rings (SSSR count). The number of ether oxygens (including phenoxy) is 2. The number of amides is 1. The topological polar surface area (TPSA) is 51.7 Å². The molecule has 28 heavy (non-hydrogen) atoms. The molecular formula is C21H21FN2O3S. The molecule has 1 aliphatic rings. The maximum atomic E-state index is 13.6. The number of thiazole rings is 1. The van der Waals surface area contributed by atoms with E-state index < -0.39 is 5.82 Å². The number of likely N-dealkylation sites (tertiary alicyclic amines) is 1. The maximum absolute atomic E-state index is 13.6. The van der Waals surface area contributed by atoms with Crippen LogP contribution in [0.2, 0.25) is 0 Å². The van der Waals surface area contributed by atoms with Crippen LogP contribution >= 0.6 is 11.3 Å². The Kier molecular flexibility index (Phi) is 5.43. The van der Waals surface area contributed by atoms with Gasteiger partial charge in [-0.25, -0.2) is 9.37 Å². The van der Waals surface area contributed by atoms with Crippen LogP contribution in [0.5, 0.6) is 10.9 Å². The Morgan fingerprint density at radius 1 is 1.21 bits per heavy atom. The van der Waals surface area contributed by atoms with Gasteiger partial charge in [0.1, 0.15) is 6.10 Å². The molecule has 1 amide bonds. The summed E-state index contributed by atoms with van der Waals surface area (Å²) in [4.78, 5) is 18.7. The van der Waals surface area contributed by atoms with Gasteiger partial charge in [-0.2, -0.15) is 0 Å². The van der Waals surface area contributed by atoms with E-state index in [0.29, 0.717) is 18.3 Å². The summed E-state index contributed by atoms with van der Waals surface area (Å²) in [7, 11) is 0. The van der Waals surface area contributed by atoms with Gasteiger partial charge in [0.05, 0.1) is 10.2 Å². The summed E-state index contributed by atoms with van der Waals surface area (Å²) < 4.78 is 26.1. The normalized spacial score (nSPS) is 15.0. The number of rotatable bonds is 5. The highest BCUT2D eigenvalue weighted by Crippen LogP contribution is 2.31. The quantitative estimate of drug-likeness (QED) is 0.644. The monoisotopic (exact) mass is 400 g/mol. The first kappa shape index (κ1) is 18.7. The first-order valence-electron chi connectivity index (χ1n) is 9.28. The van der Waals surface area contributed by atoms with Gasteiger partial charge < -0.3 is 14.4 Å². The summed E-state index contributed by atoms with van der Waals surface area (Å²) in [6.07, 6.45) is 1.51. The molecule has 1 fully saturated rings. The van der Waals surface area contributed by atoms with Crippen molar-refractivity contribution in [3.63, 3.8) is 0 Å². The summed E-state index contributed by atoms with van der Waals surface area (Å²) in [5.41, 5.74) is 2.12. The van der Waals surface area contributed by atoms with Gasteiger partial charge in [-0.3, -0.25) is 4.79 Å². The molecule has 2 heterocycles. The fraction of sp³-hybridized carbons (Fsp3) is 0.333. The standard InChI is InChI=1S/C21H21FN2O3S/c1-14-5-4-8-18-20(14)23-21(28-18)27-15-9-11-24(12-10-15)19(25)13-26-17-7-3-2-6-16(17)22/h2-8,15H,9-13H2,1H3. The third-order valence-electron chi connectivity index (χ3n) is 4.85. The first-order valence-corrected chi connectivity index (χ1v) is 10.1. The van der Waals surface area contributed by atoms with Crippen molar-refractivity contribution in [2.24, 2.45) is 0 Å². The van der Waals surface area contributed by atoms with Crippen LogP contribution in [0, 0.1) is 12.7 Å². The smallest absolute Gasteiger partial charge is 0.274 e. The second kappa shape index (κ2) is 8.14. The van der Waals surface area contributed by atoms with Crippen LogP contribution in [-0.4, -0.2) is 41.6 Å². The van der Waals surface area contributed by atoms with E-state index in [1.165, 1.54) is 12.1 Å². The zero-order chi connectivity index (χ0) is 19.5. The van der Waals surface area contributed by atoms with Crippen LogP contribution in [0.4, 0.5) is 4.39 Å². The zero-order valence-electron chi connectivity index (χ0n) is 15.6. The molecule has 0 unspecified atom stereocenters. The number of aromatic nitrogens is 1. The average Bonchev–Trinajstić information content (AvgIpc) is 3.12. The number of halogens is 1.